The molecule has 0 spiro atoms. The lowest BCUT2D eigenvalue weighted by Crippen LogP contribution is -2.18. The fraction of sp³-hybridized carbons (Fsp3) is 0.250. The summed E-state index contributed by atoms with van der Waals surface area (Å²) < 4.78 is 5.14. The first-order valence-electron chi connectivity index (χ1n) is 8.57. The molecule has 0 saturated heterocycles. The average molecular weight is 421 g/mol. The lowest BCUT2D eigenvalue weighted by Gasteiger charge is -2.10. The zero-order chi connectivity index (χ0) is 20.5. The molecule has 2 rings (SSSR count). The molecule has 0 aliphatic rings. The van der Waals surface area contributed by atoms with E-state index in [0.717, 1.165) is 0 Å². The van der Waals surface area contributed by atoms with Gasteiger partial charge in [0.05, 0.1) is 23.2 Å². The highest BCUT2D eigenvalue weighted by atomic mass is 35.5. The van der Waals surface area contributed by atoms with Crippen LogP contribution in [0.25, 0.3) is 0 Å². The van der Waals surface area contributed by atoms with Crippen LogP contribution in [0.3, 0.4) is 0 Å². The van der Waals surface area contributed by atoms with E-state index in [4.69, 9.17) is 16.3 Å². The minimum absolute atomic E-state index is 0.106. The molecule has 0 radical (unpaired) electrons. The topological polar surface area (TPSA) is 84.5 Å². The zero-order valence-electron chi connectivity index (χ0n) is 15.5. The first-order valence-corrected chi connectivity index (χ1v) is 10.1. The molecule has 0 fully saturated rings. The lowest BCUT2D eigenvalue weighted by atomic mass is 10.2. The SMILES string of the molecule is CC(C)OC(=O)c1cccc(NC(=O)CSCC(=O)Nc2ccc(Cl)cc2)c1. The number of amides is 2. The number of ether oxygens (including phenoxy) is 1. The van der Waals surface area contributed by atoms with Crippen molar-refractivity contribution in [1.82, 2.24) is 0 Å². The fourth-order valence-corrected chi connectivity index (χ4v) is 2.91. The van der Waals surface area contributed by atoms with Crippen molar-refractivity contribution in [1.29, 1.82) is 0 Å². The highest BCUT2D eigenvalue weighted by Crippen LogP contribution is 2.15. The van der Waals surface area contributed by atoms with Gasteiger partial charge in [-0.25, -0.2) is 4.79 Å². The Morgan fingerprint density at radius 3 is 2.18 bits per heavy atom. The molecule has 0 heterocycles. The van der Waals surface area contributed by atoms with E-state index in [9.17, 15) is 14.4 Å². The van der Waals surface area contributed by atoms with Crippen molar-refractivity contribution >= 4 is 52.5 Å². The van der Waals surface area contributed by atoms with E-state index in [0.29, 0.717) is 22.0 Å². The summed E-state index contributed by atoms with van der Waals surface area (Å²) in [5.41, 5.74) is 1.50. The maximum Gasteiger partial charge on any atom is 0.338 e. The zero-order valence-corrected chi connectivity index (χ0v) is 17.1. The van der Waals surface area contributed by atoms with Crippen molar-refractivity contribution < 1.29 is 19.1 Å². The standard InChI is InChI=1S/C20H21ClN2O4S/c1-13(2)27-20(26)14-4-3-5-17(10-14)23-19(25)12-28-11-18(24)22-16-8-6-15(21)7-9-16/h3-10,13H,11-12H2,1-2H3,(H,22,24)(H,23,25). The molecule has 0 bridgehead atoms. The van der Waals surface area contributed by atoms with Crippen LogP contribution in [-0.2, 0) is 14.3 Å². The smallest absolute Gasteiger partial charge is 0.338 e. The number of halogens is 1. The predicted octanol–water partition coefficient (Wildman–Crippen LogP) is 4.22. The molecule has 2 aromatic rings. The number of anilines is 2. The molecule has 8 heteroatoms. The maximum absolute atomic E-state index is 12.1. The largest absolute Gasteiger partial charge is 0.459 e. The van der Waals surface area contributed by atoms with Crippen molar-refractivity contribution in [3.63, 3.8) is 0 Å². The number of hydrogen-bond acceptors (Lipinski definition) is 5. The second kappa shape index (κ2) is 10.7. The van der Waals surface area contributed by atoms with Crippen molar-refractivity contribution in [3.05, 3.63) is 59.1 Å². The molecule has 0 unspecified atom stereocenters. The van der Waals surface area contributed by atoms with Gasteiger partial charge in [0.1, 0.15) is 0 Å². The van der Waals surface area contributed by atoms with Crippen LogP contribution in [0.2, 0.25) is 5.02 Å². The summed E-state index contributed by atoms with van der Waals surface area (Å²) in [6.07, 6.45) is -0.221. The first kappa shape index (κ1) is 21.8. The van der Waals surface area contributed by atoms with Gasteiger partial charge in [-0.1, -0.05) is 17.7 Å². The van der Waals surface area contributed by atoms with Gasteiger partial charge in [0, 0.05) is 16.4 Å². The number of rotatable bonds is 8. The average Bonchev–Trinajstić information content (AvgIpc) is 2.63. The molecular weight excluding hydrogens is 400 g/mol. The molecule has 0 aliphatic heterocycles. The van der Waals surface area contributed by atoms with Gasteiger partial charge in [-0.2, -0.15) is 0 Å². The minimum Gasteiger partial charge on any atom is -0.459 e. The van der Waals surface area contributed by atoms with E-state index in [-0.39, 0.29) is 29.4 Å². The van der Waals surface area contributed by atoms with Crippen LogP contribution in [0.15, 0.2) is 48.5 Å². The van der Waals surface area contributed by atoms with E-state index in [2.05, 4.69) is 10.6 Å². The van der Waals surface area contributed by atoms with Crippen LogP contribution in [0, 0.1) is 0 Å². The summed E-state index contributed by atoms with van der Waals surface area (Å²) in [6.45, 7) is 3.54. The van der Waals surface area contributed by atoms with Crippen LogP contribution < -0.4 is 10.6 Å². The van der Waals surface area contributed by atoms with Crippen molar-refractivity contribution in [2.24, 2.45) is 0 Å². The Morgan fingerprint density at radius 1 is 0.964 bits per heavy atom. The Hall–Kier alpha value is -2.51. The number of hydrogen-bond donors (Lipinski definition) is 2. The second-order valence-corrected chi connectivity index (χ2v) is 7.55. The quantitative estimate of drug-likeness (QED) is 0.625. The molecule has 2 aromatic carbocycles. The Bertz CT molecular complexity index is 840. The monoisotopic (exact) mass is 420 g/mol. The number of carbonyl (C=O) groups excluding carboxylic acids is 3. The number of benzene rings is 2. The Balaban J connectivity index is 1.77. The van der Waals surface area contributed by atoms with E-state index in [1.54, 1.807) is 62.4 Å². The number of carbonyl (C=O) groups is 3. The number of esters is 1. The molecule has 2 N–H and O–H groups in total. The van der Waals surface area contributed by atoms with Gasteiger partial charge < -0.3 is 15.4 Å². The second-order valence-electron chi connectivity index (χ2n) is 6.13. The third-order valence-electron chi connectivity index (χ3n) is 3.32. The van der Waals surface area contributed by atoms with E-state index in [1.807, 2.05) is 0 Å². The van der Waals surface area contributed by atoms with Crippen molar-refractivity contribution in [2.45, 2.75) is 20.0 Å². The molecule has 0 saturated carbocycles. The fourth-order valence-electron chi connectivity index (χ4n) is 2.17. The third kappa shape index (κ3) is 7.62. The number of thioether (sulfide) groups is 1. The van der Waals surface area contributed by atoms with Gasteiger partial charge in [0.25, 0.3) is 0 Å². The van der Waals surface area contributed by atoms with E-state index in [1.165, 1.54) is 11.8 Å². The number of nitrogens with one attached hydrogen (secondary N) is 2. The summed E-state index contributed by atoms with van der Waals surface area (Å²) in [4.78, 5) is 35.9. The van der Waals surface area contributed by atoms with E-state index < -0.39 is 5.97 Å². The third-order valence-corrected chi connectivity index (χ3v) is 4.50. The van der Waals surface area contributed by atoms with Crippen molar-refractivity contribution in [2.75, 3.05) is 22.1 Å². The molecule has 28 heavy (non-hydrogen) atoms. The first-order chi connectivity index (χ1) is 13.3. The molecule has 148 valence electrons. The van der Waals surface area contributed by atoms with Gasteiger partial charge in [-0.05, 0) is 56.3 Å². The van der Waals surface area contributed by atoms with E-state index >= 15 is 0 Å². The van der Waals surface area contributed by atoms with Gasteiger partial charge in [0.2, 0.25) is 11.8 Å². The summed E-state index contributed by atoms with van der Waals surface area (Å²) in [6, 6.07) is 13.3. The molecule has 6 nitrogen and oxygen atoms in total. The molecule has 0 aliphatic carbocycles. The van der Waals surface area contributed by atoms with Crippen LogP contribution in [0.4, 0.5) is 11.4 Å². The normalized spacial score (nSPS) is 10.4. The highest BCUT2D eigenvalue weighted by molar-refractivity contribution is 8.00. The van der Waals surface area contributed by atoms with Gasteiger partial charge in [0.15, 0.2) is 0 Å². The minimum atomic E-state index is -0.445. The molecule has 0 aromatic heterocycles. The molecule has 2 amide bonds. The Kier molecular flexibility index (Phi) is 8.35. The Labute approximate surface area is 173 Å². The molecule has 0 atom stereocenters. The van der Waals surface area contributed by atoms with Crippen LogP contribution >= 0.6 is 23.4 Å². The summed E-state index contributed by atoms with van der Waals surface area (Å²) in [5, 5.41) is 6.02. The van der Waals surface area contributed by atoms with Gasteiger partial charge in [-0.15, -0.1) is 11.8 Å². The summed E-state index contributed by atoms with van der Waals surface area (Å²) in [7, 11) is 0. The van der Waals surface area contributed by atoms with Crippen LogP contribution in [0.1, 0.15) is 24.2 Å². The van der Waals surface area contributed by atoms with Crippen LogP contribution in [0.5, 0.6) is 0 Å². The Morgan fingerprint density at radius 2 is 1.57 bits per heavy atom. The lowest BCUT2D eigenvalue weighted by molar-refractivity contribution is -0.114. The van der Waals surface area contributed by atoms with Gasteiger partial charge in [-0.3, -0.25) is 9.59 Å². The predicted molar refractivity (Wildman–Crippen MR) is 113 cm³/mol. The maximum atomic E-state index is 12.1. The van der Waals surface area contributed by atoms with Gasteiger partial charge >= 0.3 is 5.97 Å². The highest BCUT2D eigenvalue weighted by Gasteiger charge is 2.11. The van der Waals surface area contributed by atoms with Crippen molar-refractivity contribution in [3.8, 4) is 0 Å². The summed E-state index contributed by atoms with van der Waals surface area (Å²) in [5.74, 6) is -0.678. The molecular formula is C20H21ClN2O4S. The van der Waals surface area contributed by atoms with Crippen LogP contribution in [-0.4, -0.2) is 35.4 Å². The summed E-state index contributed by atoms with van der Waals surface area (Å²) >= 11 is 6.98.